The van der Waals surface area contributed by atoms with Crippen molar-refractivity contribution >= 4 is 16.1 Å². The Labute approximate surface area is 90.9 Å². The Morgan fingerprint density at radius 2 is 1.64 bits per heavy atom. The van der Waals surface area contributed by atoms with Gasteiger partial charge in [0.1, 0.15) is 8.07 Å². The first-order valence-corrected chi connectivity index (χ1v) is 11.9. The van der Waals surface area contributed by atoms with Gasteiger partial charge in [-0.25, -0.2) is 0 Å². The molecule has 0 aromatic carbocycles. The standard InChI is InChI=1S/C11H24OSi2/c1-7-9-14(5,6)11-12-10-13(3,4)8-2/h7-8H,1-2,9-11H2,3-6H3. The molecule has 0 N–H and O–H groups in total. The van der Waals surface area contributed by atoms with Gasteiger partial charge in [-0.3, -0.25) is 0 Å². The quantitative estimate of drug-likeness (QED) is 0.479. The number of hydrogen-bond donors (Lipinski definition) is 0. The Morgan fingerprint density at radius 1 is 1.07 bits per heavy atom. The highest BCUT2D eigenvalue weighted by molar-refractivity contribution is 6.82. The molecule has 0 rings (SSSR count). The fourth-order valence-corrected chi connectivity index (χ4v) is 3.60. The monoisotopic (exact) mass is 228 g/mol. The van der Waals surface area contributed by atoms with Gasteiger partial charge < -0.3 is 4.74 Å². The van der Waals surface area contributed by atoms with Crippen LogP contribution in [0.15, 0.2) is 24.9 Å². The summed E-state index contributed by atoms with van der Waals surface area (Å²) in [5, 5.41) is 0. The lowest BCUT2D eigenvalue weighted by atomic mass is 10.8. The van der Waals surface area contributed by atoms with Crippen LogP contribution >= 0.6 is 0 Å². The van der Waals surface area contributed by atoms with Crippen molar-refractivity contribution in [1.82, 2.24) is 0 Å². The predicted molar refractivity (Wildman–Crippen MR) is 71.0 cm³/mol. The molecule has 0 unspecified atom stereocenters. The van der Waals surface area contributed by atoms with Gasteiger partial charge in [-0.1, -0.05) is 38.0 Å². The molecule has 0 saturated carbocycles. The van der Waals surface area contributed by atoms with Gasteiger partial charge in [-0.2, -0.15) is 0 Å². The van der Waals surface area contributed by atoms with Crippen LogP contribution in [0.5, 0.6) is 0 Å². The molecule has 0 spiro atoms. The first kappa shape index (κ1) is 13.9. The maximum atomic E-state index is 5.81. The van der Waals surface area contributed by atoms with E-state index in [-0.39, 0.29) is 0 Å². The normalized spacial score (nSPS) is 12.6. The van der Waals surface area contributed by atoms with Gasteiger partial charge >= 0.3 is 0 Å². The number of rotatable bonds is 7. The third-order valence-electron chi connectivity index (χ3n) is 2.22. The van der Waals surface area contributed by atoms with Crippen LogP contribution in [0.25, 0.3) is 0 Å². The van der Waals surface area contributed by atoms with E-state index >= 15 is 0 Å². The van der Waals surface area contributed by atoms with Gasteiger partial charge in [0.15, 0.2) is 0 Å². The third kappa shape index (κ3) is 6.35. The molecule has 82 valence electrons. The Kier molecular flexibility index (Phi) is 5.63. The van der Waals surface area contributed by atoms with Gasteiger partial charge in [0.2, 0.25) is 0 Å². The minimum absolute atomic E-state index is 0.907. The largest absolute Gasteiger partial charge is 0.388 e. The molecule has 0 saturated heterocycles. The molecule has 0 fully saturated rings. The summed E-state index contributed by atoms with van der Waals surface area (Å²) in [7, 11) is -2.43. The number of hydrogen-bond acceptors (Lipinski definition) is 1. The molecule has 0 aliphatic carbocycles. The average Bonchev–Trinajstić information content (AvgIpc) is 2.03. The highest BCUT2D eigenvalue weighted by Gasteiger charge is 2.22. The van der Waals surface area contributed by atoms with E-state index in [1.807, 2.05) is 6.08 Å². The Bertz CT molecular complexity index is 197. The van der Waals surface area contributed by atoms with Crippen LogP contribution in [-0.4, -0.2) is 28.6 Å². The third-order valence-corrected chi connectivity index (χ3v) is 6.65. The Hall–Kier alpha value is -0.126. The lowest BCUT2D eigenvalue weighted by Crippen LogP contribution is -2.37. The van der Waals surface area contributed by atoms with Crippen molar-refractivity contribution < 1.29 is 4.74 Å². The van der Waals surface area contributed by atoms with Crippen LogP contribution in [0, 0.1) is 0 Å². The van der Waals surface area contributed by atoms with E-state index in [4.69, 9.17) is 4.74 Å². The highest BCUT2D eigenvalue weighted by atomic mass is 28.3. The summed E-state index contributed by atoms with van der Waals surface area (Å²) in [6.07, 6.45) is 3.87. The molecule has 0 aliphatic rings. The second kappa shape index (κ2) is 5.68. The van der Waals surface area contributed by atoms with Crippen molar-refractivity contribution in [3.63, 3.8) is 0 Å². The van der Waals surface area contributed by atoms with Crippen LogP contribution in [0.4, 0.5) is 0 Å². The van der Waals surface area contributed by atoms with E-state index < -0.39 is 16.1 Å². The first-order chi connectivity index (χ1) is 6.33. The molecule has 1 nitrogen and oxygen atoms in total. The van der Waals surface area contributed by atoms with Crippen molar-refractivity contribution in [3.8, 4) is 0 Å². The van der Waals surface area contributed by atoms with Crippen LogP contribution in [-0.2, 0) is 4.74 Å². The van der Waals surface area contributed by atoms with Crippen molar-refractivity contribution in [2.45, 2.75) is 32.2 Å². The maximum Gasteiger partial charge on any atom is 0.100 e. The molecule has 0 aliphatic heterocycles. The van der Waals surface area contributed by atoms with E-state index in [0.29, 0.717) is 0 Å². The van der Waals surface area contributed by atoms with E-state index in [0.717, 1.165) is 18.5 Å². The number of allylic oxidation sites excluding steroid dienone is 1. The molecule has 14 heavy (non-hydrogen) atoms. The van der Waals surface area contributed by atoms with E-state index in [2.05, 4.69) is 45.0 Å². The fourth-order valence-electron chi connectivity index (χ4n) is 1.10. The lowest BCUT2D eigenvalue weighted by Gasteiger charge is -2.23. The second-order valence-corrected chi connectivity index (χ2v) is 15.0. The molecule has 3 heteroatoms. The predicted octanol–water partition coefficient (Wildman–Crippen LogP) is 3.41. The van der Waals surface area contributed by atoms with E-state index in [1.165, 1.54) is 0 Å². The summed E-state index contributed by atoms with van der Waals surface area (Å²) in [6, 6.07) is 1.14. The van der Waals surface area contributed by atoms with Crippen LogP contribution in [0.1, 0.15) is 0 Å². The summed E-state index contributed by atoms with van der Waals surface area (Å²) in [4.78, 5) is 0. The molecule has 0 amide bonds. The maximum absolute atomic E-state index is 5.81. The zero-order chi connectivity index (χ0) is 11.2. The molecule has 0 aromatic rings. The summed E-state index contributed by atoms with van der Waals surface area (Å²) >= 11 is 0. The summed E-state index contributed by atoms with van der Waals surface area (Å²) < 4.78 is 5.81. The zero-order valence-electron chi connectivity index (χ0n) is 10.1. The smallest absolute Gasteiger partial charge is 0.100 e. The SMILES string of the molecule is C=CC[Si](C)(C)COC[Si](C)(C)C=C. The van der Waals surface area contributed by atoms with Crippen molar-refractivity contribution in [3.05, 3.63) is 24.9 Å². The van der Waals surface area contributed by atoms with Gasteiger partial charge in [0, 0.05) is 12.5 Å². The Morgan fingerprint density at radius 3 is 2.07 bits per heavy atom. The van der Waals surface area contributed by atoms with Gasteiger partial charge in [0.25, 0.3) is 0 Å². The van der Waals surface area contributed by atoms with Gasteiger partial charge in [-0.15, -0.1) is 13.2 Å². The zero-order valence-corrected chi connectivity index (χ0v) is 12.1. The van der Waals surface area contributed by atoms with Crippen molar-refractivity contribution in [2.24, 2.45) is 0 Å². The second-order valence-electron chi connectivity index (χ2n) is 5.34. The van der Waals surface area contributed by atoms with E-state index in [9.17, 15) is 0 Å². The molecule has 0 aromatic heterocycles. The molecule has 0 atom stereocenters. The lowest BCUT2D eigenvalue weighted by molar-refractivity contribution is 0.218. The van der Waals surface area contributed by atoms with Crippen LogP contribution in [0.3, 0.4) is 0 Å². The van der Waals surface area contributed by atoms with E-state index in [1.54, 1.807) is 0 Å². The molecule has 0 heterocycles. The van der Waals surface area contributed by atoms with Gasteiger partial charge in [-0.05, 0) is 6.04 Å². The highest BCUT2D eigenvalue weighted by Crippen LogP contribution is 2.11. The van der Waals surface area contributed by atoms with Crippen LogP contribution in [0.2, 0.25) is 32.2 Å². The molecular formula is C11H24OSi2. The summed E-state index contributed by atoms with van der Waals surface area (Å²) in [5.41, 5.74) is 2.09. The minimum atomic E-state index is -1.26. The van der Waals surface area contributed by atoms with Crippen molar-refractivity contribution in [1.29, 1.82) is 0 Å². The first-order valence-electron chi connectivity index (χ1n) is 5.15. The topological polar surface area (TPSA) is 9.23 Å². The summed E-state index contributed by atoms with van der Waals surface area (Å²) in [5.74, 6) is 0. The van der Waals surface area contributed by atoms with Gasteiger partial charge in [0.05, 0.1) is 8.07 Å². The average molecular weight is 228 g/mol. The fraction of sp³-hybridized carbons (Fsp3) is 0.636. The molecule has 0 bridgehead atoms. The molecular weight excluding hydrogens is 204 g/mol. The molecule has 0 radical (unpaired) electrons. The summed E-state index contributed by atoms with van der Waals surface area (Å²) in [6.45, 7) is 16.9. The Balaban J connectivity index is 3.83. The van der Waals surface area contributed by atoms with Crippen molar-refractivity contribution in [2.75, 3.05) is 12.5 Å². The minimum Gasteiger partial charge on any atom is -0.388 e. The number of ether oxygens (including phenoxy) is 1. The van der Waals surface area contributed by atoms with Crippen LogP contribution < -0.4 is 0 Å².